The first-order chi connectivity index (χ1) is 12.7. The summed E-state index contributed by atoms with van der Waals surface area (Å²) in [5.74, 6) is 0.551. The summed E-state index contributed by atoms with van der Waals surface area (Å²) in [6.45, 7) is 2.01. The van der Waals surface area contributed by atoms with Crippen LogP contribution in [0.2, 0.25) is 0 Å². The molecule has 0 atom stereocenters. The van der Waals surface area contributed by atoms with Crippen molar-refractivity contribution in [3.05, 3.63) is 88.0 Å². The third kappa shape index (κ3) is 4.36. The number of ether oxygens (including phenoxy) is 1. The normalized spacial score (nSPS) is 11.3. The zero-order valence-corrected chi connectivity index (χ0v) is 14.3. The first kappa shape index (κ1) is 17.4. The lowest BCUT2D eigenvalue weighted by molar-refractivity contribution is 0.0489. The van der Waals surface area contributed by atoms with Crippen molar-refractivity contribution in [2.45, 2.75) is 13.3 Å². The van der Waals surface area contributed by atoms with E-state index in [0.717, 1.165) is 11.1 Å². The molecule has 0 bridgehead atoms. The number of nitrogens with one attached hydrogen (secondary N) is 1. The van der Waals surface area contributed by atoms with Gasteiger partial charge in [-0.25, -0.2) is 9.78 Å². The number of aromatic nitrogens is 2. The lowest BCUT2D eigenvalue weighted by Gasteiger charge is -2.06. The van der Waals surface area contributed by atoms with Crippen LogP contribution in [0.15, 0.2) is 63.9 Å². The summed E-state index contributed by atoms with van der Waals surface area (Å²) in [4.78, 5) is 30.4. The lowest BCUT2D eigenvalue weighted by Crippen LogP contribution is -2.09. The number of aromatic amines is 1. The standard InChI is InChI=1S/C20H18N2O4/c1-2-25-20(24)17-9-8-16(26-17)13-15(12-14-6-4-3-5-7-14)19-21-11-10-18(23)22-19/h3-11,13H,2,12H2,1H3,(H,21,22,23)/b15-13-. The number of rotatable bonds is 6. The Morgan fingerprint density at radius 1 is 1.19 bits per heavy atom. The van der Waals surface area contributed by atoms with Crippen LogP contribution in [-0.4, -0.2) is 22.5 Å². The third-order valence-corrected chi connectivity index (χ3v) is 3.63. The molecule has 26 heavy (non-hydrogen) atoms. The number of hydrogen-bond donors (Lipinski definition) is 1. The molecule has 0 saturated carbocycles. The molecule has 2 aromatic heterocycles. The molecule has 0 radical (unpaired) electrons. The van der Waals surface area contributed by atoms with Crippen molar-refractivity contribution in [3.8, 4) is 0 Å². The molecular formula is C20H18N2O4. The van der Waals surface area contributed by atoms with E-state index in [2.05, 4.69) is 9.97 Å². The van der Waals surface area contributed by atoms with Gasteiger partial charge >= 0.3 is 5.97 Å². The number of allylic oxidation sites excluding steroid dienone is 1. The zero-order chi connectivity index (χ0) is 18.4. The fourth-order valence-corrected chi connectivity index (χ4v) is 2.47. The molecule has 132 valence electrons. The summed E-state index contributed by atoms with van der Waals surface area (Å²) in [5, 5.41) is 0. The number of esters is 1. The molecule has 6 nitrogen and oxygen atoms in total. The van der Waals surface area contributed by atoms with Crippen molar-refractivity contribution in [3.63, 3.8) is 0 Å². The molecule has 1 aromatic carbocycles. The Bertz CT molecular complexity index is 970. The Balaban J connectivity index is 1.96. The molecule has 0 saturated heterocycles. The summed E-state index contributed by atoms with van der Waals surface area (Å²) < 4.78 is 10.5. The van der Waals surface area contributed by atoms with Crippen LogP contribution in [0.5, 0.6) is 0 Å². The van der Waals surface area contributed by atoms with Gasteiger partial charge in [-0.3, -0.25) is 4.79 Å². The highest BCUT2D eigenvalue weighted by molar-refractivity contribution is 5.87. The van der Waals surface area contributed by atoms with Gasteiger partial charge in [0.25, 0.3) is 5.56 Å². The second-order valence-corrected chi connectivity index (χ2v) is 5.54. The molecule has 3 aromatic rings. The number of benzene rings is 1. The minimum atomic E-state index is -0.511. The molecule has 0 aliphatic heterocycles. The number of carbonyl (C=O) groups excluding carboxylic acids is 1. The average Bonchev–Trinajstić information content (AvgIpc) is 3.11. The molecule has 6 heteroatoms. The quantitative estimate of drug-likeness (QED) is 0.689. The minimum Gasteiger partial charge on any atom is -0.460 e. The second kappa shape index (κ2) is 8.11. The molecule has 0 amide bonds. The highest BCUT2D eigenvalue weighted by atomic mass is 16.5. The van der Waals surface area contributed by atoms with Crippen LogP contribution < -0.4 is 5.56 Å². The van der Waals surface area contributed by atoms with E-state index in [-0.39, 0.29) is 17.9 Å². The number of furan rings is 1. The summed E-state index contributed by atoms with van der Waals surface area (Å²) in [6.07, 6.45) is 3.76. The number of hydrogen-bond acceptors (Lipinski definition) is 5. The largest absolute Gasteiger partial charge is 0.460 e. The van der Waals surface area contributed by atoms with Crippen molar-refractivity contribution >= 4 is 17.6 Å². The maximum absolute atomic E-state index is 11.8. The Kier molecular flexibility index (Phi) is 5.43. The van der Waals surface area contributed by atoms with Crippen molar-refractivity contribution < 1.29 is 13.9 Å². The first-order valence-corrected chi connectivity index (χ1v) is 8.23. The third-order valence-electron chi connectivity index (χ3n) is 3.63. The fourth-order valence-electron chi connectivity index (χ4n) is 2.47. The molecule has 0 aliphatic carbocycles. The molecule has 0 spiro atoms. The van der Waals surface area contributed by atoms with E-state index in [1.165, 1.54) is 12.3 Å². The van der Waals surface area contributed by atoms with Crippen molar-refractivity contribution in [2.75, 3.05) is 6.61 Å². The predicted octanol–water partition coefficient (Wildman–Crippen LogP) is 3.32. The zero-order valence-electron chi connectivity index (χ0n) is 14.3. The van der Waals surface area contributed by atoms with E-state index < -0.39 is 5.97 Å². The van der Waals surface area contributed by atoms with E-state index in [9.17, 15) is 9.59 Å². The van der Waals surface area contributed by atoms with Crippen LogP contribution in [-0.2, 0) is 11.2 Å². The average molecular weight is 350 g/mol. The second-order valence-electron chi connectivity index (χ2n) is 5.54. The topological polar surface area (TPSA) is 85.2 Å². The van der Waals surface area contributed by atoms with E-state index in [4.69, 9.17) is 9.15 Å². The Morgan fingerprint density at radius 3 is 2.73 bits per heavy atom. The van der Waals surface area contributed by atoms with Gasteiger partial charge in [-0.15, -0.1) is 0 Å². The van der Waals surface area contributed by atoms with Gasteiger partial charge in [-0.1, -0.05) is 30.3 Å². The van der Waals surface area contributed by atoms with E-state index in [1.807, 2.05) is 30.3 Å². The first-order valence-electron chi connectivity index (χ1n) is 8.23. The molecule has 0 fully saturated rings. The van der Waals surface area contributed by atoms with Gasteiger partial charge in [-0.2, -0.15) is 0 Å². The molecule has 2 heterocycles. The Morgan fingerprint density at radius 2 is 2.00 bits per heavy atom. The predicted molar refractivity (Wildman–Crippen MR) is 97.5 cm³/mol. The lowest BCUT2D eigenvalue weighted by atomic mass is 10.0. The molecule has 1 N–H and O–H groups in total. The molecule has 0 unspecified atom stereocenters. The van der Waals surface area contributed by atoms with E-state index in [0.29, 0.717) is 18.0 Å². The molecular weight excluding hydrogens is 332 g/mol. The maximum atomic E-state index is 11.8. The minimum absolute atomic E-state index is 0.131. The number of nitrogens with zero attached hydrogens (tertiary/aromatic N) is 1. The van der Waals surface area contributed by atoms with Crippen LogP contribution >= 0.6 is 0 Å². The highest BCUT2D eigenvalue weighted by Crippen LogP contribution is 2.21. The van der Waals surface area contributed by atoms with Gasteiger partial charge in [0.2, 0.25) is 5.76 Å². The van der Waals surface area contributed by atoms with E-state index in [1.54, 1.807) is 25.1 Å². The van der Waals surface area contributed by atoms with Crippen LogP contribution in [0, 0.1) is 0 Å². The van der Waals surface area contributed by atoms with Crippen LogP contribution in [0.4, 0.5) is 0 Å². The summed E-state index contributed by atoms with van der Waals surface area (Å²) in [7, 11) is 0. The van der Waals surface area contributed by atoms with Crippen molar-refractivity contribution in [1.82, 2.24) is 9.97 Å². The van der Waals surface area contributed by atoms with Crippen LogP contribution in [0.25, 0.3) is 11.6 Å². The Hall–Kier alpha value is -3.41. The molecule has 3 rings (SSSR count). The van der Waals surface area contributed by atoms with E-state index >= 15 is 0 Å². The van der Waals surface area contributed by atoms with Crippen LogP contribution in [0.3, 0.4) is 0 Å². The van der Waals surface area contributed by atoms with Gasteiger partial charge in [0.1, 0.15) is 11.6 Å². The monoisotopic (exact) mass is 350 g/mol. The summed E-state index contributed by atoms with van der Waals surface area (Å²) in [5.41, 5.74) is 1.58. The van der Waals surface area contributed by atoms with Crippen LogP contribution in [0.1, 0.15) is 34.6 Å². The van der Waals surface area contributed by atoms with Crippen molar-refractivity contribution in [1.29, 1.82) is 0 Å². The summed E-state index contributed by atoms with van der Waals surface area (Å²) >= 11 is 0. The number of carbonyl (C=O) groups is 1. The van der Waals surface area contributed by atoms with Gasteiger partial charge in [0.05, 0.1) is 6.61 Å². The van der Waals surface area contributed by atoms with Gasteiger partial charge in [-0.05, 0) is 30.7 Å². The SMILES string of the molecule is CCOC(=O)c1ccc(/C=C(/Cc2ccccc2)c2nccc(=O)[nH]2)o1. The van der Waals surface area contributed by atoms with Crippen molar-refractivity contribution in [2.24, 2.45) is 0 Å². The summed E-state index contributed by atoms with van der Waals surface area (Å²) in [6, 6.07) is 14.4. The number of H-pyrrole nitrogens is 1. The fraction of sp³-hybridized carbons (Fsp3) is 0.150. The van der Waals surface area contributed by atoms with Gasteiger partial charge < -0.3 is 14.1 Å². The highest BCUT2D eigenvalue weighted by Gasteiger charge is 2.13. The Labute approximate surface area is 150 Å². The smallest absolute Gasteiger partial charge is 0.374 e. The van der Waals surface area contributed by atoms with Gasteiger partial charge in [0.15, 0.2) is 0 Å². The maximum Gasteiger partial charge on any atom is 0.374 e. The van der Waals surface area contributed by atoms with Gasteiger partial charge in [0, 0.05) is 24.3 Å². The molecule has 0 aliphatic rings.